The summed E-state index contributed by atoms with van der Waals surface area (Å²) in [6, 6.07) is 0.415. The van der Waals surface area contributed by atoms with Gasteiger partial charge in [0.15, 0.2) is 0 Å². The molecule has 0 saturated heterocycles. The van der Waals surface area contributed by atoms with Gasteiger partial charge < -0.3 is 9.73 Å². The summed E-state index contributed by atoms with van der Waals surface area (Å²) in [6.07, 6.45) is 7.08. The summed E-state index contributed by atoms with van der Waals surface area (Å²) in [5.74, 6) is 3.24. The first-order valence-corrected chi connectivity index (χ1v) is 9.37. The van der Waals surface area contributed by atoms with Crippen LogP contribution in [0.4, 0.5) is 0 Å². The van der Waals surface area contributed by atoms with E-state index in [9.17, 15) is 4.79 Å². The van der Waals surface area contributed by atoms with Crippen molar-refractivity contribution in [3.8, 4) is 0 Å². The van der Waals surface area contributed by atoms with E-state index in [2.05, 4.69) is 15.5 Å². The van der Waals surface area contributed by atoms with Gasteiger partial charge in [-0.2, -0.15) is 11.8 Å². The van der Waals surface area contributed by atoms with Gasteiger partial charge in [-0.3, -0.25) is 4.79 Å². The number of nitrogens with zero attached hydrogens (tertiary/aromatic N) is 2. The molecule has 0 aromatic carbocycles. The number of nitrogens with one attached hydrogen (secondary N) is 1. The van der Waals surface area contributed by atoms with Crippen LogP contribution in [0.25, 0.3) is 0 Å². The van der Waals surface area contributed by atoms with Crippen LogP contribution in [0.5, 0.6) is 0 Å². The van der Waals surface area contributed by atoms with Crippen LogP contribution >= 0.6 is 23.5 Å². The molecule has 0 bridgehead atoms. The molecule has 1 aromatic heterocycles. The highest BCUT2D eigenvalue weighted by Crippen LogP contribution is 2.44. The SMILES string of the molecule is CSCc1nnc(SCC(=O)NC(C2CC2)C2CC2)o1. The van der Waals surface area contributed by atoms with Crippen LogP contribution in [0.1, 0.15) is 31.6 Å². The van der Waals surface area contributed by atoms with E-state index < -0.39 is 0 Å². The summed E-state index contributed by atoms with van der Waals surface area (Å²) in [6.45, 7) is 0. The number of hydrogen-bond donors (Lipinski definition) is 1. The number of carbonyl (C=O) groups is 1. The van der Waals surface area contributed by atoms with Crippen LogP contribution in [0.2, 0.25) is 0 Å². The second kappa shape index (κ2) is 6.39. The summed E-state index contributed by atoms with van der Waals surface area (Å²) in [7, 11) is 0. The molecular weight excluding hydrogens is 294 g/mol. The van der Waals surface area contributed by atoms with Crippen molar-refractivity contribution in [2.75, 3.05) is 12.0 Å². The highest BCUT2D eigenvalue weighted by Gasteiger charge is 2.42. The van der Waals surface area contributed by atoms with Gasteiger partial charge in [0.2, 0.25) is 11.8 Å². The summed E-state index contributed by atoms with van der Waals surface area (Å²) >= 11 is 2.96. The van der Waals surface area contributed by atoms with E-state index in [4.69, 9.17) is 4.42 Å². The molecule has 1 aromatic rings. The first-order chi connectivity index (χ1) is 9.76. The highest BCUT2D eigenvalue weighted by molar-refractivity contribution is 7.99. The van der Waals surface area contributed by atoms with E-state index >= 15 is 0 Å². The number of hydrogen-bond acceptors (Lipinski definition) is 6. The maximum Gasteiger partial charge on any atom is 0.277 e. The number of amides is 1. The topological polar surface area (TPSA) is 68.0 Å². The molecule has 0 spiro atoms. The number of carbonyl (C=O) groups excluding carboxylic acids is 1. The van der Waals surface area contributed by atoms with Crippen LogP contribution in [0.15, 0.2) is 9.64 Å². The normalized spacial score (nSPS) is 18.5. The minimum Gasteiger partial charge on any atom is -0.415 e. The quantitative estimate of drug-likeness (QED) is 0.743. The second-order valence-corrected chi connectivity index (χ2v) is 7.24. The summed E-state index contributed by atoms with van der Waals surface area (Å²) in [5.41, 5.74) is 0. The number of aromatic nitrogens is 2. The summed E-state index contributed by atoms with van der Waals surface area (Å²) < 4.78 is 5.44. The Bertz CT molecular complexity index is 460. The molecule has 2 aliphatic rings. The predicted molar refractivity (Wildman–Crippen MR) is 79.6 cm³/mol. The monoisotopic (exact) mass is 313 g/mol. The van der Waals surface area contributed by atoms with E-state index in [1.165, 1.54) is 37.4 Å². The average molecular weight is 313 g/mol. The maximum atomic E-state index is 12.0. The lowest BCUT2D eigenvalue weighted by Gasteiger charge is -2.17. The average Bonchev–Trinajstić information content (AvgIpc) is 3.33. The van der Waals surface area contributed by atoms with Gasteiger partial charge in [-0.05, 0) is 43.8 Å². The smallest absolute Gasteiger partial charge is 0.277 e. The third-order valence-corrected chi connectivity index (χ3v) is 4.98. The van der Waals surface area contributed by atoms with E-state index in [1.807, 2.05) is 6.26 Å². The first kappa shape index (κ1) is 14.3. The Hall–Kier alpha value is -0.690. The number of thioether (sulfide) groups is 2. The molecule has 0 radical (unpaired) electrons. The fraction of sp³-hybridized carbons (Fsp3) is 0.769. The van der Waals surface area contributed by atoms with E-state index in [1.54, 1.807) is 11.8 Å². The maximum absolute atomic E-state index is 12.0. The molecule has 1 N–H and O–H groups in total. The van der Waals surface area contributed by atoms with Gasteiger partial charge in [0.25, 0.3) is 5.22 Å². The van der Waals surface area contributed by atoms with Gasteiger partial charge in [0.1, 0.15) is 0 Å². The molecule has 1 amide bonds. The van der Waals surface area contributed by atoms with Crippen molar-refractivity contribution in [1.29, 1.82) is 0 Å². The molecule has 2 fully saturated rings. The fourth-order valence-corrected chi connectivity index (χ4v) is 3.32. The molecular formula is C13H19N3O2S2. The molecule has 2 aliphatic carbocycles. The molecule has 7 heteroatoms. The molecule has 2 saturated carbocycles. The third-order valence-electron chi connectivity index (χ3n) is 3.63. The van der Waals surface area contributed by atoms with Crippen molar-refractivity contribution in [3.63, 3.8) is 0 Å². The zero-order valence-corrected chi connectivity index (χ0v) is 13.1. The van der Waals surface area contributed by atoms with Gasteiger partial charge in [-0.15, -0.1) is 10.2 Å². The fourth-order valence-electron chi connectivity index (χ4n) is 2.36. The van der Waals surface area contributed by atoms with Gasteiger partial charge in [-0.1, -0.05) is 11.8 Å². The Morgan fingerprint density at radius 1 is 1.35 bits per heavy atom. The second-order valence-electron chi connectivity index (χ2n) is 5.45. The molecule has 1 heterocycles. The highest BCUT2D eigenvalue weighted by atomic mass is 32.2. The Morgan fingerprint density at radius 2 is 2.05 bits per heavy atom. The first-order valence-electron chi connectivity index (χ1n) is 6.99. The van der Waals surface area contributed by atoms with Crippen molar-refractivity contribution in [3.05, 3.63) is 5.89 Å². The number of rotatable bonds is 8. The minimum absolute atomic E-state index is 0.0865. The van der Waals surface area contributed by atoms with Gasteiger partial charge in [-0.25, -0.2) is 0 Å². The largest absolute Gasteiger partial charge is 0.415 e. The van der Waals surface area contributed by atoms with Crippen molar-refractivity contribution >= 4 is 29.4 Å². The third kappa shape index (κ3) is 3.91. The Kier molecular flexibility index (Phi) is 4.55. The molecule has 110 valence electrons. The minimum atomic E-state index is 0.0865. The van der Waals surface area contributed by atoms with Crippen molar-refractivity contribution < 1.29 is 9.21 Å². The zero-order valence-electron chi connectivity index (χ0n) is 11.5. The van der Waals surface area contributed by atoms with Gasteiger partial charge >= 0.3 is 0 Å². The molecule has 3 rings (SSSR count). The van der Waals surface area contributed by atoms with E-state index in [-0.39, 0.29) is 5.91 Å². The van der Waals surface area contributed by atoms with E-state index in [0.29, 0.717) is 28.7 Å². The molecule has 20 heavy (non-hydrogen) atoms. The molecule has 0 unspecified atom stereocenters. The van der Waals surface area contributed by atoms with Crippen molar-refractivity contribution in [2.45, 2.75) is 42.7 Å². The lowest BCUT2D eigenvalue weighted by molar-refractivity contribution is -0.119. The molecule has 5 nitrogen and oxygen atoms in total. The molecule has 0 aliphatic heterocycles. The Labute approximate surface area is 127 Å². The lowest BCUT2D eigenvalue weighted by Crippen LogP contribution is -2.39. The van der Waals surface area contributed by atoms with Crippen LogP contribution < -0.4 is 5.32 Å². The summed E-state index contributed by atoms with van der Waals surface area (Å²) in [5, 5.41) is 11.5. The van der Waals surface area contributed by atoms with Crippen LogP contribution in [-0.2, 0) is 10.5 Å². The van der Waals surface area contributed by atoms with Gasteiger partial charge in [0, 0.05) is 6.04 Å². The predicted octanol–water partition coefficient (Wildman–Crippen LogP) is 2.33. The summed E-state index contributed by atoms with van der Waals surface area (Å²) in [4.78, 5) is 12.0. The van der Waals surface area contributed by atoms with Crippen LogP contribution in [-0.4, -0.2) is 34.2 Å². The zero-order chi connectivity index (χ0) is 13.9. The van der Waals surface area contributed by atoms with Gasteiger partial charge in [0.05, 0.1) is 11.5 Å². The van der Waals surface area contributed by atoms with Crippen LogP contribution in [0, 0.1) is 11.8 Å². The lowest BCUT2D eigenvalue weighted by atomic mass is 10.1. The Balaban J connectivity index is 1.43. The molecule has 0 atom stereocenters. The van der Waals surface area contributed by atoms with Crippen LogP contribution in [0.3, 0.4) is 0 Å². The Morgan fingerprint density at radius 3 is 2.65 bits per heavy atom. The standard InChI is InChI=1S/C13H19N3O2S2/c1-19-7-11-15-16-13(18-11)20-6-10(17)14-12(8-2-3-8)9-4-5-9/h8-9,12H,2-7H2,1H3,(H,14,17). The van der Waals surface area contributed by atoms with E-state index in [0.717, 1.165) is 11.8 Å². The van der Waals surface area contributed by atoms with Crippen molar-refractivity contribution in [1.82, 2.24) is 15.5 Å². The van der Waals surface area contributed by atoms with Crippen molar-refractivity contribution in [2.24, 2.45) is 11.8 Å².